The molecular formula is C15H15BrN2O3S. The third-order valence-corrected chi connectivity index (χ3v) is 5.68. The summed E-state index contributed by atoms with van der Waals surface area (Å²) in [5, 5.41) is 0. The van der Waals surface area contributed by atoms with E-state index in [1.54, 1.807) is 36.5 Å². The molecule has 1 aliphatic heterocycles. The second kappa shape index (κ2) is 5.89. The fraction of sp³-hybridized carbons (Fsp3) is 0.267. The smallest absolute Gasteiger partial charge is 0.264 e. The highest BCUT2D eigenvalue weighted by Gasteiger charge is 2.29. The number of benzene rings is 1. The number of anilines is 1. The normalized spacial score (nSPS) is 14.9. The highest BCUT2D eigenvalue weighted by molar-refractivity contribution is 9.10. The molecule has 1 aromatic heterocycles. The number of nitrogens with zero attached hydrogens (tertiary/aromatic N) is 2. The molecule has 2 heterocycles. The van der Waals surface area contributed by atoms with Gasteiger partial charge in [0.2, 0.25) is 5.88 Å². The highest BCUT2D eigenvalue weighted by atomic mass is 79.9. The molecule has 5 nitrogen and oxygen atoms in total. The molecule has 0 radical (unpaired) electrons. The van der Waals surface area contributed by atoms with Gasteiger partial charge in [0.15, 0.2) is 0 Å². The molecule has 0 N–H and O–H groups in total. The molecule has 1 aliphatic rings. The van der Waals surface area contributed by atoms with Gasteiger partial charge >= 0.3 is 0 Å². The van der Waals surface area contributed by atoms with E-state index in [0.29, 0.717) is 35.6 Å². The first-order valence-corrected chi connectivity index (χ1v) is 9.09. The van der Waals surface area contributed by atoms with E-state index in [2.05, 4.69) is 20.9 Å². The van der Waals surface area contributed by atoms with Crippen LogP contribution < -0.4 is 9.04 Å². The van der Waals surface area contributed by atoms with Gasteiger partial charge in [-0.25, -0.2) is 13.4 Å². The Balaban J connectivity index is 2.11. The van der Waals surface area contributed by atoms with Crippen molar-refractivity contribution in [3.8, 4) is 5.88 Å². The van der Waals surface area contributed by atoms with Crippen LogP contribution in [0.5, 0.6) is 5.88 Å². The highest BCUT2D eigenvalue weighted by Crippen LogP contribution is 2.35. The number of hydrogen-bond acceptors (Lipinski definition) is 4. The second-order valence-electron chi connectivity index (χ2n) is 5.07. The first kappa shape index (κ1) is 15.3. The van der Waals surface area contributed by atoms with Crippen molar-refractivity contribution in [3.63, 3.8) is 0 Å². The first-order valence-electron chi connectivity index (χ1n) is 6.86. The number of fused-ring (bicyclic) bond motifs is 1. The summed E-state index contributed by atoms with van der Waals surface area (Å²) >= 11 is 3.34. The van der Waals surface area contributed by atoms with Crippen molar-refractivity contribution in [2.45, 2.75) is 18.2 Å². The van der Waals surface area contributed by atoms with Crippen LogP contribution in [0.25, 0.3) is 0 Å². The van der Waals surface area contributed by atoms with Gasteiger partial charge in [0.1, 0.15) is 5.69 Å². The van der Waals surface area contributed by atoms with Crippen LogP contribution in [-0.4, -0.2) is 26.6 Å². The number of aryl methyl sites for hydroxylation is 1. The summed E-state index contributed by atoms with van der Waals surface area (Å²) in [6.07, 6.45) is 2.21. The van der Waals surface area contributed by atoms with Crippen LogP contribution in [0, 0.1) is 6.92 Å². The lowest BCUT2D eigenvalue weighted by Crippen LogP contribution is -2.31. The largest absolute Gasteiger partial charge is 0.476 e. The zero-order chi connectivity index (χ0) is 15.7. The lowest BCUT2D eigenvalue weighted by molar-refractivity contribution is 0.311. The maximum absolute atomic E-state index is 13.0. The van der Waals surface area contributed by atoms with E-state index < -0.39 is 10.0 Å². The number of pyridine rings is 1. The summed E-state index contributed by atoms with van der Waals surface area (Å²) in [7, 11) is -3.64. The van der Waals surface area contributed by atoms with Gasteiger partial charge in [-0.15, -0.1) is 0 Å². The van der Waals surface area contributed by atoms with Gasteiger partial charge in [0, 0.05) is 23.6 Å². The van der Waals surface area contributed by atoms with Crippen LogP contribution in [-0.2, 0) is 10.0 Å². The van der Waals surface area contributed by atoms with E-state index in [0.717, 1.165) is 5.56 Å². The summed E-state index contributed by atoms with van der Waals surface area (Å²) in [5.74, 6) is 0.344. The minimum absolute atomic E-state index is 0.269. The Morgan fingerprint density at radius 2 is 2.00 bits per heavy atom. The standard InChI is InChI=1S/C15H15BrN2O3S/c1-11-3-5-13(6-4-11)22(19,20)18-7-2-8-21-15-14(18)9-12(16)10-17-15/h3-6,9-10H,2,7-8H2,1H3. The molecule has 2 aromatic rings. The quantitative estimate of drug-likeness (QED) is 0.800. The average Bonchev–Trinajstić information content (AvgIpc) is 2.70. The van der Waals surface area contributed by atoms with Crippen molar-refractivity contribution in [1.29, 1.82) is 0 Å². The van der Waals surface area contributed by atoms with Gasteiger partial charge in [-0.05, 0) is 41.1 Å². The van der Waals surface area contributed by atoms with E-state index in [4.69, 9.17) is 4.74 Å². The molecule has 3 rings (SSSR count). The number of sulfonamides is 1. The lowest BCUT2D eigenvalue weighted by Gasteiger charge is -2.23. The molecule has 1 aromatic carbocycles. The Kier molecular flexibility index (Phi) is 4.10. The van der Waals surface area contributed by atoms with Crippen LogP contribution in [0.4, 0.5) is 5.69 Å². The van der Waals surface area contributed by atoms with Crippen molar-refractivity contribution in [1.82, 2.24) is 4.98 Å². The Hall–Kier alpha value is -1.60. The van der Waals surface area contributed by atoms with Gasteiger partial charge in [-0.2, -0.15) is 0 Å². The van der Waals surface area contributed by atoms with Crippen LogP contribution in [0.15, 0.2) is 45.9 Å². The lowest BCUT2D eigenvalue weighted by atomic mass is 10.2. The zero-order valence-electron chi connectivity index (χ0n) is 12.0. The average molecular weight is 383 g/mol. The van der Waals surface area contributed by atoms with Gasteiger partial charge in [-0.1, -0.05) is 17.7 Å². The SMILES string of the molecule is Cc1ccc(S(=O)(=O)N2CCCOc3ncc(Br)cc32)cc1. The van der Waals surface area contributed by atoms with Crippen molar-refractivity contribution < 1.29 is 13.2 Å². The number of hydrogen-bond donors (Lipinski definition) is 0. The molecule has 22 heavy (non-hydrogen) atoms. The van der Waals surface area contributed by atoms with Gasteiger partial charge in [0.05, 0.1) is 11.5 Å². The van der Waals surface area contributed by atoms with Crippen LogP contribution in [0.1, 0.15) is 12.0 Å². The number of halogens is 1. The third-order valence-electron chi connectivity index (χ3n) is 3.42. The van der Waals surface area contributed by atoms with Crippen LogP contribution in [0.2, 0.25) is 0 Å². The summed E-state index contributed by atoms with van der Waals surface area (Å²) < 4.78 is 33.5. The Morgan fingerprint density at radius 1 is 1.27 bits per heavy atom. The summed E-state index contributed by atoms with van der Waals surface area (Å²) in [4.78, 5) is 4.44. The van der Waals surface area contributed by atoms with E-state index in [-0.39, 0.29) is 4.90 Å². The molecule has 0 amide bonds. The molecule has 0 saturated carbocycles. The fourth-order valence-electron chi connectivity index (χ4n) is 2.29. The summed E-state index contributed by atoms with van der Waals surface area (Å²) in [6, 6.07) is 8.56. The Labute approximate surface area is 138 Å². The molecule has 0 fully saturated rings. The zero-order valence-corrected chi connectivity index (χ0v) is 14.4. The Morgan fingerprint density at radius 3 is 2.73 bits per heavy atom. The molecule has 0 aliphatic carbocycles. The number of ether oxygens (including phenoxy) is 1. The molecule has 0 saturated heterocycles. The molecule has 0 spiro atoms. The molecule has 116 valence electrons. The van der Waals surface area contributed by atoms with Crippen molar-refractivity contribution >= 4 is 31.6 Å². The van der Waals surface area contributed by atoms with E-state index >= 15 is 0 Å². The minimum atomic E-state index is -3.64. The molecule has 0 unspecified atom stereocenters. The van der Waals surface area contributed by atoms with E-state index in [9.17, 15) is 8.42 Å². The maximum atomic E-state index is 13.0. The molecule has 7 heteroatoms. The van der Waals surface area contributed by atoms with Gasteiger partial charge in [-0.3, -0.25) is 4.31 Å². The summed E-state index contributed by atoms with van der Waals surface area (Å²) in [5.41, 5.74) is 1.48. The topological polar surface area (TPSA) is 59.5 Å². The Bertz CT molecular complexity index is 791. The monoisotopic (exact) mass is 382 g/mol. The molecule has 0 atom stereocenters. The van der Waals surface area contributed by atoms with Crippen molar-refractivity contribution in [3.05, 3.63) is 46.6 Å². The first-order chi connectivity index (χ1) is 10.5. The number of aromatic nitrogens is 1. The van der Waals surface area contributed by atoms with E-state index in [1.807, 2.05) is 6.92 Å². The number of rotatable bonds is 2. The third kappa shape index (κ3) is 2.83. The van der Waals surface area contributed by atoms with Gasteiger partial charge < -0.3 is 4.74 Å². The van der Waals surface area contributed by atoms with Crippen LogP contribution in [0.3, 0.4) is 0 Å². The predicted octanol–water partition coefficient (Wildman–Crippen LogP) is 3.13. The van der Waals surface area contributed by atoms with Gasteiger partial charge in [0.25, 0.3) is 10.0 Å². The van der Waals surface area contributed by atoms with Crippen molar-refractivity contribution in [2.24, 2.45) is 0 Å². The summed E-state index contributed by atoms with van der Waals surface area (Å²) in [6.45, 7) is 2.73. The fourth-order valence-corrected chi connectivity index (χ4v) is 4.10. The van der Waals surface area contributed by atoms with E-state index in [1.165, 1.54) is 4.31 Å². The molecular weight excluding hydrogens is 368 g/mol. The van der Waals surface area contributed by atoms with Crippen LogP contribution >= 0.6 is 15.9 Å². The van der Waals surface area contributed by atoms with Crippen molar-refractivity contribution in [2.75, 3.05) is 17.5 Å². The second-order valence-corrected chi connectivity index (χ2v) is 7.85. The minimum Gasteiger partial charge on any atom is -0.476 e. The maximum Gasteiger partial charge on any atom is 0.264 e. The molecule has 0 bridgehead atoms. The predicted molar refractivity (Wildman–Crippen MR) is 87.8 cm³/mol.